The zero-order chi connectivity index (χ0) is 13.1. The second kappa shape index (κ2) is 5.33. The fourth-order valence-electron chi connectivity index (χ4n) is 1.86. The summed E-state index contributed by atoms with van der Waals surface area (Å²) in [6, 6.07) is 19.4. The lowest BCUT2D eigenvalue weighted by molar-refractivity contribution is 0.0994. The maximum atomic E-state index is 12.1. The van der Waals surface area contributed by atoms with Crippen molar-refractivity contribution in [1.29, 1.82) is 0 Å². The van der Waals surface area contributed by atoms with Crippen LogP contribution in [0.5, 0.6) is 0 Å². The predicted molar refractivity (Wildman–Crippen MR) is 77.7 cm³/mol. The number of hydrogen-bond donors (Lipinski definition) is 0. The molecule has 1 heterocycles. The Bertz CT molecular complexity index is 668. The number of hydrogen-bond acceptors (Lipinski definition) is 3. The van der Waals surface area contributed by atoms with Gasteiger partial charge in [-0.2, -0.15) is 0 Å². The molecule has 0 amide bonds. The van der Waals surface area contributed by atoms with Gasteiger partial charge >= 0.3 is 0 Å². The van der Waals surface area contributed by atoms with Crippen LogP contribution in [0.3, 0.4) is 0 Å². The van der Waals surface area contributed by atoms with Gasteiger partial charge in [-0.15, -0.1) is 11.8 Å². The van der Waals surface area contributed by atoms with Gasteiger partial charge in [-0.3, -0.25) is 4.79 Å². The molecule has 0 aliphatic carbocycles. The third kappa shape index (κ3) is 2.71. The van der Waals surface area contributed by atoms with Gasteiger partial charge in [-0.05, 0) is 24.3 Å². The van der Waals surface area contributed by atoms with Crippen LogP contribution in [-0.4, -0.2) is 11.5 Å². The van der Waals surface area contributed by atoms with Crippen LogP contribution in [0.25, 0.3) is 11.0 Å². The van der Waals surface area contributed by atoms with Crippen LogP contribution >= 0.6 is 11.8 Å². The molecule has 3 heteroatoms. The highest BCUT2D eigenvalue weighted by molar-refractivity contribution is 8.00. The van der Waals surface area contributed by atoms with Gasteiger partial charge in [0.05, 0.1) is 5.75 Å². The number of para-hydroxylation sites is 1. The van der Waals surface area contributed by atoms with E-state index in [4.69, 9.17) is 4.42 Å². The number of furan rings is 1. The number of carbonyl (C=O) groups is 1. The highest BCUT2D eigenvalue weighted by Crippen LogP contribution is 2.22. The van der Waals surface area contributed by atoms with Crippen molar-refractivity contribution in [2.24, 2.45) is 0 Å². The molecular weight excluding hydrogens is 256 g/mol. The molecule has 0 unspecified atom stereocenters. The maximum absolute atomic E-state index is 12.1. The predicted octanol–water partition coefficient (Wildman–Crippen LogP) is 4.41. The first-order valence-electron chi connectivity index (χ1n) is 6.02. The average Bonchev–Trinajstić information content (AvgIpc) is 2.90. The summed E-state index contributed by atoms with van der Waals surface area (Å²) >= 11 is 1.52. The van der Waals surface area contributed by atoms with Crippen LogP contribution in [0.2, 0.25) is 0 Å². The highest BCUT2D eigenvalue weighted by atomic mass is 32.2. The smallest absolute Gasteiger partial charge is 0.208 e. The fraction of sp³-hybridized carbons (Fsp3) is 0.0625. The Morgan fingerprint density at radius 1 is 1.00 bits per heavy atom. The van der Waals surface area contributed by atoms with Gasteiger partial charge in [0.25, 0.3) is 0 Å². The van der Waals surface area contributed by atoms with E-state index < -0.39 is 0 Å². The first kappa shape index (κ1) is 12.1. The SMILES string of the molecule is O=C(CSc1ccccc1)c1cc2ccccc2o1. The zero-order valence-electron chi connectivity index (χ0n) is 10.2. The summed E-state index contributed by atoms with van der Waals surface area (Å²) in [4.78, 5) is 13.2. The van der Waals surface area contributed by atoms with Gasteiger partial charge in [0.15, 0.2) is 5.76 Å². The summed E-state index contributed by atoms with van der Waals surface area (Å²) in [5.41, 5.74) is 0.760. The first-order valence-corrected chi connectivity index (χ1v) is 7.01. The second-order valence-corrected chi connectivity index (χ2v) is 5.22. The molecule has 0 saturated carbocycles. The van der Waals surface area contributed by atoms with Crippen molar-refractivity contribution in [3.63, 3.8) is 0 Å². The van der Waals surface area contributed by atoms with Crippen molar-refractivity contribution in [3.05, 3.63) is 66.4 Å². The topological polar surface area (TPSA) is 30.2 Å². The molecule has 3 rings (SSSR count). The van der Waals surface area contributed by atoms with Crippen LogP contribution in [0.1, 0.15) is 10.6 Å². The molecule has 19 heavy (non-hydrogen) atoms. The van der Waals surface area contributed by atoms with Crippen LogP contribution in [-0.2, 0) is 0 Å². The van der Waals surface area contributed by atoms with Gasteiger partial charge in [0.2, 0.25) is 5.78 Å². The number of fused-ring (bicyclic) bond motifs is 1. The van der Waals surface area contributed by atoms with E-state index in [1.807, 2.05) is 60.7 Å². The Hall–Kier alpha value is -2.00. The van der Waals surface area contributed by atoms with E-state index >= 15 is 0 Å². The van der Waals surface area contributed by atoms with Crippen LogP contribution < -0.4 is 0 Å². The van der Waals surface area contributed by atoms with E-state index in [1.54, 1.807) is 0 Å². The molecule has 1 aromatic heterocycles. The van der Waals surface area contributed by atoms with Gasteiger partial charge in [0, 0.05) is 10.3 Å². The van der Waals surface area contributed by atoms with E-state index in [9.17, 15) is 4.79 Å². The minimum absolute atomic E-state index is 0.0186. The van der Waals surface area contributed by atoms with E-state index in [0.29, 0.717) is 11.5 Å². The molecule has 0 saturated heterocycles. The summed E-state index contributed by atoms with van der Waals surface area (Å²) < 4.78 is 5.56. The monoisotopic (exact) mass is 268 g/mol. The van der Waals surface area contributed by atoms with Crippen molar-refractivity contribution < 1.29 is 9.21 Å². The van der Waals surface area contributed by atoms with Gasteiger partial charge in [0.1, 0.15) is 5.58 Å². The lowest BCUT2D eigenvalue weighted by atomic mass is 10.2. The number of ketones is 1. The third-order valence-corrected chi connectivity index (χ3v) is 3.83. The maximum Gasteiger partial charge on any atom is 0.208 e. The Kier molecular flexibility index (Phi) is 3.38. The summed E-state index contributed by atoms with van der Waals surface area (Å²) in [5.74, 6) is 0.846. The molecule has 0 aliphatic heterocycles. The summed E-state index contributed by atoms with van der Waals surface area (Å²) in [6.07, 6.45) is 0. The first-order chi connectivity index (χ1) is 9.33. The van der Waals surface area contributed by atoms with Crippen molar-refractivity contribution in [1.82, 2.24) is 0 Å². The summed E-state index contributed by atoms with van der Waals surface area (Å²) in [5, 5.41) is 0.968. The molecule has 2 aromatic carbocycles. The number of Topliss-reactive ketones (excluding diaryl/α,β-unsaturated/α-hetero) is 1. The molecule has 3 aromatic rings. The van der Waals surface area contributed by atoms with Gasteiger partial charge in [-0.25, -0.2) is 0 Å². The molecule has 0 radical (unpaired) electrons. The van der Waals surface area contributed by atoms with Gasteiger partial charge < -0.3 is 4.42 Å². The lowest BCUT2D eigenvalue weighted by Crippen LogP contribution is -2.00. The minimum Gasteiger partial charge on any atom is -0.453 e. The molecule has 0 spiro atoms. The Balaban J connectivity index is 1.73. The second-order valence-electron chi connectivity index (χ2n) is 4.17. The third-order valence-electron chi connectivity index (χ3n) is 2.81. The fourth-order valence-corrected chi connectivity index (χ4v) is 2.65. The van der Waals surface area contributed by atoms with Crippen LogP contribution in [0.4, 0.5) is 0 Å². The minimum atomic E-state index is 0.0186. The number of carbonyl (C=O) groups excluding carboxylic acids is 1. The molecule has 2 nitrogen and oxygen atoms in total. The van der Waals surface area contributed by atoms with Crippen molar-refractivity contribution in [2.75, 3.05) is 5.75 Å². The number of benzene rings is 2. The molecule has 0 N–H and O–H groups in total. The molecule has 0 fully saturated rings. The summed E-state index contributed by atoms with van der Waals surface area (Å²) in [6.45, 7) is 0. The Morgan fingerprint density at radius 2 is 1.74 bits per heavy atom. The zero-order valence-corrected chi connectivity index (χ0v) is 11.0. The van der Waals surface area contributed by atoms with Crippen molar-refractivity contribution in [2.45, 2.75) is 4.90 Å². The van der Waals surface area contributed by atoms with Crippen molar-refractivity contribution in [3.8, 4) is 0 Å². The van der Waals surface area contributed by atoms with E-state index in [-0.39, 0.29) is 5.78 Å². The standard InChI is InChI=1S/C16H12O2S/c17-14(11-19-13-7-2-1-3-8-13)16-10-12-6-4-5-9-15(12)18-16/h1-10H,11H2. The van der Waals surface area contributed by atoms with E-state index in [1.165, 1.54) is 11.8 Å². The van der Waals surface area contributed by atoms with Crippen LogP contribution in [0.15, 0.2) is 70.0 Å². The van der Waals surface area contributed by atoms with Gasteiger partial charge in [-0.1, -0.05) is 36.4 Å². The normalized spacial score (nSPS) is 10.7. The molecule has 0 aliphatic rings. The van der Waals surface area contributed by atoms with E-state index in [0.717, 1.165) is 15.9 Å². The molecule has 94 valence electrons. The average molecular weight is 268 g/mol. The summed E-state index contributed by atoms with van der Waals surface area (Å²) in [7, 11) is 0. The number of rotatable bonds is 4. The lowest BCUT2D eigenvalue weighted by Gasteiger charge is -1.98. The largest absolute Gasteiger partial charge is 0.453 e. The Morgan fingerprint density at radius 3 is 2.53 bits per heavy atom. The quantitative estimate of drug-likeness (QED) is 0.518. The molecular formula is C16H12O2S. The molecule has 0 atom stereocenters. The Labute approximate surface area is 115 Å². The molecule has 0 bridgehead atoms. The van der Waals surface area contributed by atoms with E-state index in [2.05, 4.69) is 0 Å². The number of thioether (sulfide) groups is 1. The van der Waals surface area contributed by atoms with Crippen LogP contribution in [0, 0.1) is 0 Å². The highest BCUT2D eigenvalue weighted by Gasteiger charge is 2.12. The van der Waals surface area contributed by atoms with Crippen molar-refractivity contribution >= 4 is 28.5 Å².